The zero-order valence-corrected chi connectivity index (χ0v) is 14.0. The Kier molecular flexibility index (Phi) is 3.04. The van der Waals surface area contributed by atoms with E-state index in [4.69, 9.17) is 0 Å². The van der Waals surface area contributed by atoms with Crippen molar-refractivity contribution >= 4 is 0 Å². The molecule has 1 aromatic rings. The van der Waals surface area contributed by atoms with E-state index in [-0.39, 0.29) is 16.2 Å². The highest BCUT2D eigenvalue weighted by Crippen LogP contribution is 2.61. The van der Waals surface area contributed by atoms with Crippen molar-refractivity contribution in [3.8, 4) is 0 Å². The molecule has 110 valence electrons. The van der Waals surface area contributed by atoms with Crippen molar-refractivity contribution in [2.75, 3.05) is 0 Å². The first kappa shape index (κ1) is 15.3. The van der Waals surface area contributed by atoms with Crippen molar-refractivity contribution in [2.45, 2.75) is 64.9 Å². The molecule has 0 saturated carbocycles. The Morgan fingerprint density at radius 2 is 1.50 bits per heavy atom. The zero-order valence-electron chi connectivity index (χ0n) is 14.0. The SMILES string of the molecule is C=C[C@@](C)(O)c1ccc2c(c1)C(C)(C)C(C)(C)C2(C)C. The minimum Gasteiger partial charge on any atom is -0.381 e. The summed E-state index contributed by atoms with van der Waals surface area (Å²) in [7, 11) is 0. The molecule has 0 heterocycles. The summed E-state index contributed by atoms with van der Waals surface area (Å²) in [4.78, 5) is 0. The smallest absolute Gasteiger partial charge is 0.105 e. The standard InChI is InChI=1S/C19H28O/c1-9-19(8,20)13-10-11-14-15(12-13)17(4,5)18(6,7)16(14,2)3/h9-12,20H,1H2,2-8H3/t19-/m1/s1. The second-order valence-corrected chi connectivity index (χ2v) is 7.99. The molecular formula is C19H28O. The van der Waals surface area contributed by atoms with Gasteiger partial charge >= 0.3 is 0 Å². The maximum atomic E-state index is 10.4. The van der Waals surface area contributed by atoms with E-state index in [0.29, 0.717) is 0 Å². The van der Waals surface area contributed by atoms with Crippen LogP contribution in [0, 0.1) is 5.41 Å². The highest BCUT2D eigenvalue weighted by Gasteiger charge is 2.56. The van der Waals surface area contributed by atoms with Crippen molar-refractivity contribution < 1.29 is 5.11 Å². The van der Waals surface area contributed by atoms with Gasteiger partial charge in [-0.05, 0) is 39.9 Å². The fourth-order valence-electron chi connectivity index (χ4n) is 3.49. The fraction of sp³-hybridized carbons (Fsp3) is 0.579. The lowest BCUT2D eigenvalue weighted by molar-refractivity contribution is 0.111. The Morgan fingerprint density at radius 3 is 2.00 bits per heavy atom. The quantitative estimate of drug-likeness (QED) is 0.775. The number of fused-ring (bicyclic) bond motifs is 1. The van der Waals surface area contributed by atoms with Crippen molar-refractivity contribution in [3.63, 3.8) is 0 Å². The summed E-state index contributed by atoms with van der Waals surface area (Å²) in [6.45, 7) is 19.5. The van der Waals surface area contributed by atoms with Crippen molar-refractivity contribution in [1.82, 2.24) is 0 Å². The topological polar surface area (TPSA) is 20.2 Å². The van der Waals surface area contributed by atoms with Gasteiger partial charge in [0, 0.05) is 0 Å². The third kappa shape index (κ3) is 1.65. The summed E-state index contributed by atoms with van der Waals surface area (Å²) >= 11 is 0. The summed E-state index contributed by atoms with van der Waals surface area (Å²) in [5.74, 6) is 0. The highest BCUT2D eigenvalue weighted by molar-refractivity contribution is 5.51. The molecule has 1 nitrogen and oxygen atoms in total. The third-order valence-corrected chi connectivity index (χ3v) is 6.47. The predicted molar refractivity (Wildman–Crippen MR) is 86.0 cm³/mol. The number of hydrogen-bond donors (Lipinski definition) is 1. The summed E-state index contributed by atoms with van der Waals surface area (Å²) < 4.78 is 0. The number of benzene rings is 1. The Bertz CT molecular complexity index is 559. The van der Waals surface area contributed by atoms with Gasteiger partial charge in [-0.15, -0.1) is 0 Å². The minimum atomic E-state index is -0.970. The molecule has 0 fully saturated rings. The van der Waals surface area contributed by atoms with Gasteiger partial charge in [-0.1, -0.05) is 72.4 Å². The second kappa shape index (κ2) is 3.98. The van der Waals surface area contributed by atoms with Crippen LogP contribution in [0.2, 0.25) is 0 Å². The molecule has 0 aliphatic heterocycles. The van der Waals surface area contributed by atoms with Crippen molar-refractivity contribution in [1.29, 1.82) is 0 Å². The maximum Gasteiger partial charge on any atom is 0.105 e. The van der Waals surface area contributed by atoms with E-state index >= 15 is 0 Å². The lowest BCUT2D eigenvalue weighted by Crippen LogP contribution is -2.42. The van der Waals surface area contributed by atoms with E-state index in [1.165, 1.54) is 11.1 Å². The average Bonchev–Trinajstić information content (AvgIpc) is 2.46. The van der Waals surface area contributed by atoms with Gasteiger partial charge in [-0.3, -0.25) is 0 Å². The van der Waals surface area contributed by atoms with Crippen LogP contribution >= 0.6 is 0 Å². The first-order valence-electron chi connectivity index (χ1n) is 7.41. The minimum absolute atomic E-state index is 0.0685. The molecule has 1 aromatic carbocycles. The molecule has 1 heteroatoms. The summed E-state index contributed by atoms with van der Waals surface area (Å²) in [5.41, 5.74) is 3.04. The van der Waals surface area contributed by atoms with Gasteiger partial charge < -0.3 is 5.11 Å². The van der Waals surface area contributed by atoms with E-state index in [2.05, 4.69) is 60.3 Å². The predicted octanol–water partition coefficient (Wildman–Crippen LogP) is 4.68. The van der Waals surface area contributed by atoms with Gasteiger partial charge in [0.25, 0.3) is 0 Å². The van der Waals surface area contributed by atoms with Crippen LogP contribution < -0.4 is 0 Å². The molecule has 2 rings (SSSR count). The first-order chi connectivity index (χ1) is 8.89. The summed E-state index contributed by atoms with van der Waals surface area (Å²) in [5, 5.41) is 10.4. The average molecular weight is 272 g/mol. The molecule has 1 atom stereocenters. The number of aliphatic hydroxyl groups is 1. The van der Waals surface area contributed by atoms with Crippen LogP contribution in [0.5, 0.6) is 0 Å². The molecule has 20 heavy (non-hydrogen) atoms. The van der Waals surface area contributed by atoms with Gasteiger partial charge in [0.15, 0.2) is 0 Å². The van der Waals surface area contributed by atoms with Crippen molar-refractivity contribution in [3.05, 3.63) is 47.5 Å². The van der Waals surface area contributed by atoms with Crippen LogP contribution in [-0.2, 0) is 16.4 Å². The van der Waals surface area contributed by atoms with Gasteiger partial charge in [-0.25, -0.2) is 0 Å². The molecule has 0 saturated heterocycles. The molecule has 1 aliphatic carbocycles. The van der Waals surface area contributed by atoms with Crippen LogP contribution in [0.15, 0.2) is 30.9 Å². The van der Waals surface area contributed by atoms with Crippen LogP contribution in [0.4, 0.5) is 0 Å². The summed E-state index contributed by atoms with van der Waals surface area (Å²) in [6.07, 6.45) is 1.60. The van der Waals surface area contributed by atoms with Gasteiger partial charge in [0.1, 0.15) is 5.60 Å². The largest absolute Gasteiger partial charge is 0.381 e. The molecule has 1 aliphatic rings. The molecular weight excluding hydrogens is 244 g/mol. The molecule has 0 spiro atoms. The van der Waals surface area contributed by atoms with Gasteiger partial charge in [0.05, 0.1) is 0 Å². The Hall–Kier alpha value is -1.08. The lowest BCUT2D eigenvalue weighted by atomic mass is 9.59. The van der Waals surface area contributed by atoms with E-state index in [1.807, 2.05) is 6.07 Å². The third-order valence-electron chi connectivity index (χ3n) is 6.47. The van der Waals surface area contributed by atoms with E-state index in [0.717, 1.165) is 5.56 Å². The molecule has 0 bridgehead atoms. The Balaban J connectivity index is 2.73. The molecule has 0 amide bonds. The monoisotopic (exact) mass is 272 g/mol. The van der Waals surface area contributed by atoms with Gasteiger partial charge in [-0.2, -0.15) is 0 Å². The Labute approximate surface area is 123 Å². The molecule has 0 unspecified atom stereocenters. The number of rotatable bonds is 2. The maximum absolute atomic E-state index is 10.4. The Morgan fingerprint density at radius 1 is 1.00 bits per heavy atom. The van der Waals surface area contributed by atoms with Crippen LogP contribution in [0.3, 0.4) is 0 Å². The number of hydrogen-bond acceptors (Lipinski definition) is 1. The van der Waals surface area contributed by atoms with Gasteiger partial charge in [0.2, 0.25) is 0 Å². The second-order valence-electron chi connectivity index (χ2n) is 7.99. The van der Waals surface area contributed by atoms with Crippen LogP contribution in [-0.4, -0.2) is 5.11 Å². The van der Waals surface area contributed by atoms with E-state index in [1.54, 1.807) is 13.0 Å². The van der Waals surface area contributed by atoms with Crippen LogP contribution in [0.1, 0.15) is 65.2 Å². The summed E-state index contributed by atoms with van der Waals surface area (Å²) in [6, 6.07) is 6.41. The van der Waals surface area contributed by atoms with E-state index < -0.39 is 5.60 Å². The molecule has 0 aromatic heterocycles. The highest BCUT2D eigenvalue weighted by atomic mass is 16.3. The lowest BCUT2D eigenvalue weighted by Gasteiger charge is -2.44. The van der Waals surface area contributed by atoms with Crippen LogP contribution in [0.25, 0.3) is 0 Å². The normalized spacial score (nSPS) is 24.8. The fourth-order valence-corrected chi connectivity index (χ4v) is 3.49. The molecule has 0 radical (unpaired) electrons. The first-order valence-corrected chi connectivity index (χ1v) is 7.41. The van der Waals surface area contributed by atoms with Crippen molar-refractivity contribution in [2.24, 2.45) is 5.41 Å². The molecule has 1 N–H and O–H groups in total. The zero-order chi connectivity index (χ0) is 15.6. The van der Waals surface area contributed by atoms with E-state index in [9.17, 15) is 5.11 Å².